The Morgan fingerprint density at radius 1 is 0.253 bits per heavy atom. The summed E-state index contributed by atoms with van der Waals surface area (Å²) in [7, 11) is 0. The fraction of sp³-hybridized carbons (Fsp3) is 1.00. The van der Waals surface area contributed by atoms with Crippen LogP contribution in [-0.4, -0.2) is 45.4 Å². The third-order valence-corrected chi connectivity index (χ3v) is 21.4. The lowest BCUT2D eigenvalue weighted by Gasteiger charge is -2.40. The van der Waals surface area contributed by atoms with Gasteiger partial charge in [-0.25, -0.2) is 35.1 Å². The number of rotatable bonds is 29. The van der Waals surface area contributed by atoms with E-state index in [4.69, 9.17) is 0 Å². The van der Waals surface area contributed by atoms with E-state index in [0.29, 0.717) is 105 Å². The van der Waals surface area contributed by atoms with Gasteiger partial charge in [-0.3, -0.25) is 0 Å². The molecular formula is C79H168F8. The molecule has 0 heterocycles. The lowest BCUT2D eigenvalue weighted by Crippen LogP contribution is -2.38. The zero-order valence-electron chi connectivity index (χ0n) is 67.3. The zero-order chi connectivity index (χ0) is 72.3. The maximum Gasteiger partial charge on any atom is 0.113 e. The highest BCUT2D eigenvalue weighted by Crippen LogP contribution is 2.45. The average molecular weight is 1270 g/mol. The van der Waals surface area contributed by atoms with Gasteiger partial charge in [0.05, 0.1) is 0 Å². The van der Waals surface area contributed by atoms with Crippen molar-refractivity contribution < 1.29 is 35.1 Å². The van der Waals surface area contributed by atoms with E-state index in [0.717, 1.165) is 44.9 Å². The van der Waals surface area contributed by atoms with Crippen molar-refractivity contribution in [3.05, 3.63) is 0 Å². The standard InChI is InChI=1S/2C11H23F.C10H21F.C10H22.C9H19F.C8H17F.2C7H15F.C6H13F/c2*1-7-11(6,12)10(8(2)3)9(4)5;1-6-9(4,7-2)10(5,11)8-3;1-7-10(6,8-2)9(3,4)5;1-5-8(6-2)9(4,10)7-3;1-4-6-8(3,9)7-5-2;1-5-7(4,8)6(2)3;1-4-6-7(3,8)5-2;1-4-6(3,7)5-2/h2*8-10H,7H2,1-6H3;6-8H2,1-5H3;7-8H2,1-6H3;8H,5-7H2,1-4H3;4-7H2,1-3H3;6H,5H2,1-4H3;4-6H2,1-3H3;4-5H2,1-3H3/t2*11-;10-;;9-;;2*7-;/m000.0.00./s1. The molecular weight excluding hydrogens is 1100 g/mol. The molecule has 0 nitrogen and oxygen atoms in total. The first-order valence-electron chi connectivity index (χ1n) is 36.4. The molecule has 6 atom stereocenters. The summed E-state index contributed by atoms with van der Waals surface area (Å²) in [4.78, 5) is 0. The van der Waals surface area contributed by atoms with Crippen molar-refractivity contribution in [2.24, 2.45) is 63.6 Å². The largest absolute Gasteiger partial charge is 0.244 e. The van der Waals surface area contributed by atoms with Crippen LogP contribution in [0.1, 0.15) is 405 Å². The molecule has 8 heteroatoms. The predicted molar refractivity (Wildman–Crippen MR) is 385 cm³/mol. The van der Waals surface area contributed by atoms with Crippen molar-refractivity contribution in [3.63, 3.8) is 0 Å². The Morgan fingerprint density at radius 2 is 0.494 bits per heavy atom. The summed E-state index contributed by atoms with van der Waals surface area (Å²) in [6, 6.07) is 0. The van der Waals surface area contributed by atoms with E-state index in [-0.39, 0.29) is 29.1 Å². The maximum atomic E-state index is 14.0. The van der Waals surface area contributed by atoms with E-state index in [9.17, 15) is 35.1 Å². The second-order valence-corrected chi connectivity index (χ2v) is 31.1. The van der Waals surface area contributed by atoms with Crippen molar-refractivity contribution in [1.82, 2.24) is 0 Å². The van der Waals surface area contributed by atoms with Crippen LogP contribution in [0.15, 0.2) is 0 Å². The second kappa shape index (κ2) is 50.9. The van der Waals surface area contributed by atoms with Crippen LogP contribution in [0.3, 0.4) is 0 Å². The van der Waals surface area contributed by atoms with Crippen molar-refractivity contribution in [2.45, 2.75) is 451 Å². The van der Waals surface area contributed by atoms with E-state index in [2.05, 4.69) is 125 Å². The van der Waals surface area contributed by atoms with Crippen LogP contribution in [0.5, 0.6) is 0 Å². The summed E-state index contributed by atoms with van der Waals surface area (Å²) in [5.74, 6) is 2.48. The van der Waals surface area contributed by atoms with Gasteiger partial charge in [-0.05, 0) is 197 Å². The fourth-order valence-electron chi connectivity index (χ4n) is 11.5. The van der Waals surface area contributed by atoms with Gasteiger partial charge >= 0.3 is 0 Å². The Balaban J connectivity index is -0.000000113. The number of hydrogen-bond acceptors (Lipinski definition) is 0. The van der Waals surface area contributed by atoms with Gasteiger partial charge in [-0.1, -0.05) is 267 Å². The van der Waals surface area contributed by atoms with Crippen LogP contribution in [-0.2, 0) is 0 Å². The summed E-state index contributed by atoms with van der Waals surface area (Å²) >= 11 is 0. The van der Waals surface area contributed by atoms with Crippen LogP contribution in [0.4, 0.5) is 35.1 Å². The lowest BCUT2D eigenvalue weighted by molar-refractivity contribution is 0.00941. The molecule has 0 fully saturated rings. The highest BCUT2D eigenvalue weighted by Gasteiger charge is 2.41. The Kier molecular flexibility index (Phi) is 61.5. The monoisotopic (exact) mass is 1270 g/mol. The molecule has 0 amide bonds. The van der Waals surface area contributed by atoms with Gasteiger partial charge in [0.15, 0.2) is 0 Å². The van der Waals surface area contributed by atoms with Crippen molar-refractivity contribution >= 4 is 0 Å². The van der Waals surface area contributed by atoms with Gasteiger partial charge in [0.25, 0.3) is 0 Å². The third-order valence-electron chi connectivity index (χ3n) is 21.4. The highest BCUT2D eigenvalue weighted by molar-refractivity contribution is 4.91. The Morgan fingerprint density at radius 3 is 0.563 bits per heavy atom. The molecule has 0 aliphatic carbocycles. The summed E-state index contributed by atoms with van der Waals surface area (Å²) in [5.41, 5.74) is -6.78. The van der Waals surface area contributed by atoms with Crippen LogP contribution in [0, 0.1) is 63.6 Å². The minimum Gasteiger partial charge on any atom is -0.244 e. The SMILES string of the molecule is CCC(C)(CC)C(C)(C)C.CCC(C)(CC)[C@@](C)(F)CC.CCC(C)(F)CC.CCC(CC)[C@@](C)(F)CC.CCCC(C)(F)CCC.CCC[C@@](C)(F)CC.CC[C@](C)(F)C(C(C)C)C(C)C.CC[C@](C)(F)C(C(C)C)C(C)C.CC[C@](C)(F)C(C)C. The molecule has 87 heavy (non-hydrogen) atoms. The minimum atomic E-state index is -1.00. The lowest BCUT2D eigenvalue weighted by atomic mass is 9.65. The zero-order valence-corrected chi connectivity index (χ0v) is 67.3. The van der Waals surface area contributed by atoms with Gasteiger partial charge in [-0.15, -0.1) is 0 Å². The van der Waals surface area contributed by atoms with E-state index in [1.807, 2.05) is 96.9 Å². The first-order chi connectivity index (χ1) is 38.9. The average Bonchev–Trinajstić information content (AvgIpc) is 3.62. The van der Waals surface area contributed by atoms with Gasteiger partial charge in [-0.2, -0.15) is 0 Å². The van der Waals surface area contributed by atoms with Crippen LogP contribution in [0.25, 0.3) is 0 Å². The highest BCUT2D eigenvalue weighted by atomic mass is 19.2. The summed E-state index contributed by atoms with van der Waals surface area (Å²) in [6.07, 6.45) is 16.3. The molecule has 0 saturated heterocycles. The summed E-state index contributed by atoms with van der Waals surface area (Å²) in [5, 5.41) is 0. The minimum absolute atomic E-state index is 0.137. The van der Waals surface area contributed by atoms with Gasteiger partial charge in [0.1, 0.15) is 45.4 Å². The second-order valence-electron chi connectivity index (χ2n) is 31.1. The number of hydrogen-bond donors (Lipinski definition) is 0. The Labute approximate surface area is 547 Å². The molecule has 540 valence electrons. The van der Waals surface area contributed by atoms with Gasteiger partial charge < -0.3 is 0 Å². The van der Waals surface area contributed by atoms with E-state index in [1.54, 1.807) is 55.4 Å². The molecule has 0 rings (SSSR count). The summed E-state index contributed by atoms with van der Waals surface area (Å²) < 4.78 is 107. The van der Waals surface area contributed by atoms with E-state index >= 15 is 0 Å². The summed E-state index contributed by atoms with van der Waals surface area (Å²) in [6.45, 7) is 79.7. The molecule has 0 bridgehead atoms. The molecule has 0 aliphatic rings. The first-order valence-corrected chi connectivity index (χ1v) is 36.4. The first kappa shape index (κ1) is 105. The van der Waals surface area contributed by atoms with Crippen molar-refractivity contribution in [3.8, 4) is 0 Å². The third kappa shape index (κ3) is 49.7. The van der Waals surface area contributed by atoms with Crippen molar-refractivity contribution in [2.75, 3.05) is 0 Å². The molecule has 0 aliphatic heterocycles. The van der Waals surface area contributed by atoms with Crippen molar-refractivity contribution in [1.29, 1.82) is 0 Å². The van der Waals surface area contributed by atoms with E-state index in [1.165, 1.54) is 12.8 Å². The Bertz CT molecular complexity index is 1400. The topological polar surface area (TPSA) is 0 Å². The fourth-order valence-corrected chi connectivity index (χ4v) is 11.5. The molecule has 0 aromatic rings. The smallest absolute Gasteiger partial charge is 0.113 e. The quantitative estimate of drug-likeness (QED) is 0.0655. The molecule has 0 aromatic carbocycles. The number of alkyl halides is 8. The van der Waals surface area contributed by atoms with Crippen LogP contribution < -0.4 is 0 Å². The molecule has 0 unspecified atom stereocenters. The molecule has 0 saturated carbocycles. The Hall–Kier alpha value is -0.560. The number of halogens is 8. The van der Waals surface area contributed by atoms with Gasteiger partial charge in [0.2, 0.25) is 0 Å². The molecule has 0 N–H and O–H groups in total. The van der Waals surface area contributed by atoms with Crippen LogP contribution >= 0.6 is 0 Å². The van der Waals surface area contributed by atoms with Gasteiger partial charge in [0, 0.05) is 5.41 Å². The normalized spacial score (nSPS) is 16.3. The van der Waals surface area contributed by atoms with Crippen LogP contribution in [0.2, 0.25) is 0 Å². The van der Waals surface area contributed by atoms with E-state index < -0.39 is 45.4 Å². The molecule has 0 aromatic heterocycles. The maximum absolute atomic E-state index is 14.0. The molecule has 0 spiro atoms. The predicted octanol–water partition coefficient (Wildman–Crippen LogP) is 31.0. The molecule has 0 radical (unpaired) electrons.